The van der Waals surface area contributed by atoms with Crippen molar-refractivity contribution >= 4 is 0 Å². The Morgan fingerprint density at radius 3 is 2.46 bits per heavy atom. The highest BCUT2D eigenvalue weighted by molar-refractivity contribution is 4.88. The van der Waals surface area contributed by atoms with E-state index < -0.39 is 37.3 Å². The molecule has 1 aliphatic rings. The molecule has 0 aromatic rings. The minimum atomic E-state index is -1.36. The van der Waals surface area contributed by atoms with Gasteiger partial charge in [-0.15, -0.1) is 0 Å². The molecule has 6 heteroatoms. The molecule has 0 radical (unpaired) electrons. The third-order valence-electron chi connectivity index (χ3n) is 2.08. The second kappa shape index (κ2) is 4.32. The molecule has 13 heavy (non-hydrogen) atoms. The van der Waals surface area contributed by atoms with Crippen molar-refractivity contribution in [3.63, 3.8) is 0 Å². The molecule has 1 rings (SSSR count). The Labute approximate surface area is 75.3 Å². The van der Waals surface area contributed by atoms with E-state index >= 15 is 0 Å². The van der Waals surface area contributed by atoms with Crippen LogP contribution in [0.2, 0.25) is 0 Å². The van der Waals surface area contributed by atoms with Crippen molar-refractivity contribution < 1.29 is 29.9 Å². The third-order valence-corrected chi connectivity index (χ3v) is 2.08. The van der Waals surface area contributed by atoms with Crippen molar-refractivity contribution in [3.8, 4) is 0 Å². The fourth-order valence-electron chi connectivity index (χ4n) is 1.26. The molecule has 5 atom stereocenters. The Morgan fingerprint density at radius 1 is 1.38 bits per heavy atom. The maximum absolute atomic E-state index is 9.28. The van der Waals surface area contributed by atoms with E-state index in [2.05, 4.69) is 0 Å². The van der Waals surface area contributed by atoms with Crippen LogP contribution in [0.25, 0.3) is 0 Å². The fraction of sp³-hybridized carbons (Fsp3) is 1.00. The van der Waals surface area contributed by atoms with Crippen LogP contribution in [-0.4, -0.2) is 64.8 Å². The first-order chi connectivity index (χ1) is 6.11. The van der Waals surface area contributed by atoms with Crippen LogP contribution in [0.3, 0.4) is 0 Å². The number of aliphatic hydroxyl groups excluding tert-OH is 4. The average molecular weight is 195 g/mol. The van der Waals surface area contributed by atoms with E-state index in [0.717, 1.165) is 0 Å². The summed E-state index contributed by atoms with van der Waals surface area (Å²) in [6.07, 6.45) is -5.91. The average Bonchev–Trinajstić information content (AvgIpc) is 2.15. The number of rotatable bonds is 2. The van der Waals surface area contributed by atoms with Crippen LogP contribution in [0.4, 0.5) is 0 Å². The van der Waals surface area contributed by atoms with Crippen LogP contribution in [-0.2, 0) is 9.47 Å². The van der Waals surface area contributed by atoms with E-state index in [4.69, 9.17) is 14.6 Å². The molecule has 1 fully saturated rings. The lowest BCUT2D eigenvalue weighted by Crippen LogP contribution is -2.58. The van der Waals surface area contributed by atoms with Gasteiger partial charge in [0.1, 0.15) is 24.4 Å². The van der Waals surface area contributed by atoms with E-state index in [1.165, 1.54) is 7.11 Å². The lowest BCUT2D eigenvalue weighted by atomic mass is 10.00. The van der Waals surface area contributed by atoms with E-state index in [-0.39, 0.29) is 0 Å². The highest BCUT2D eigenvalue weighted by atomic mass is 17.2. The quantitative estimate of drug-likeness (QED) is 0.386. The molecule has 1 aliphatic heterocycles. The molecule has 0 unspecified atom stereocenters. The summed E-state index contributed by atoms with van der Waals surface area (Å²) in [5.74, 6) is 0. The van der Waals surface area contributed by atoms with Crippen LogP contribution >= 0.6 is 0 Å². The monoisotopic (exact) mass is 195 g/mol. The molecule has 0 spiro atoms. The van der Waals surface area contributed by atoms with Gasteiger partial charge in [-0.3, -0.25) is 0 Å². The molecule has 0 bridgehead atoms. The summed E-state index contributed by atoms with van der Waals surface area (Å²) < 4.78 is 9.65. The van der Waals surface area contributed by atoms with E-state index in [1.54, 1.807) is 0 Å². The lowest BCUT2D eigenvalue weighted by Gasteiger charge is -2.38. The highest BCUT2D eigenvalue weighted by Crippen LogP contribution is 2.20. The summed E-state index contributed by atoms with van der Waals surface area (Å²) in [5.41, 5.74) is 0. The molecule has 0 aromatic heterocycles. The second-order valence-electron chi connectivity index (χ2n) is 2.93. The summed E-state index contributed by atoms with van der Waals surface area (Å²) in [5, 5.41) is 36.6. The highest BCUT2D eigenvalue weighted by Gasteiger charge is 2.43. The Bertz CT molecular complexity index is 143. The van der Waals surface area contributed by atoms with Gasteiger partial charge in [-0.1, -0.05) is 0 Å². The van der Waals surface area contributed by atoms with Gasteiger partial charge in [0.2, 0.25) is 0 Å². The van der Waals surface area contributed by atoms with E-state index in [0.29, 0.717) is 0 Å². The number of methoxy groups -OCH3 is 1. The van der Waals surface area contributed by atoms with Gasteiger partial charge in [-0.05, 0) is 0 Å². The van der Waals surface area contributed by atoms with Crippen molar-refractivity contribution in [2.75, 3.05) is 13.7 Å². The largest absolute Gasteiger partial charge is 0.394 e. The van der Waals surface area contributed by atoms with Gasteiger partial charge in [-0.25, -0.2) is 0 Å². The van der Waals surface area contributed by atoms with Crippen molar-refractivity contribution in [2.24, 2.45) is 0 Å². The zero-order valence-corrected chi connectivity index (χ0v) is 7.20. The van der Waals surface area contributed by atoms with Gasteiger partial charge in [-0.2, -0.15) is 0 Å². The topological polar surface area (TPSA) is 99.4 Å². The van der Waals surface area contributed by atoms with Crippen molar-refractivity contribution in [3.05, 3.63) is 0 Å². The SMILES string of the molecule is CO[C@H]1O[C@H](CO)[C@@H]([17OH])[C@H](O)[C@H]1O. The van der Waals surface area contributed by atoms with Gasteiger partial charge >= 0.3 is 0 Å². The molecule has 0 aromatic carbocycles. The minimum absolute atomic E-state index is 0.440. The Hall–Kier alpha value is -0.240. The first-order valence-electron chi connectivity index (χ1n) is 3.95. The number of hydrogen-bond donors (Lipinski definition) is 4. The summed E-state index contributed by atoms with van der Waals surface area (Å²) in [7, 11) is 1.30. The van der Waals surface area contributed by atoms with Crippen LogP contribution in [0, 0.1) is 0 Å². The molecule has 1 heterocycles. The Balaban J connectivity index is 2.66. The predicted octanol–water partition coefficient (Wildman–Crippen LogP) is -2.57. The lowest BCUT2D eigenvalue weighted by molar-refractivity contribution is -0.294. The van der Waals surface area contributed by atoms with Gasteiger partial charge < -0.3 is 29.9 Å². The summed E-state index contributed by atoms with van der Waals surface area (Å²) >= 11 is 0. The van der Waals surface area contributed by atoms with Crippen molar-refractivity contribution in [2.45, 2.75) is 30.7 Å². The second-order valence-corrected chi connectivity index (χ2v) is 2.93. The van der Waals surface area contributed by atoms with Crippen LogP contribution in [0.15, 0.2) is 0 Å². The number of hydrogen-bond acceptors (Lipinski definition) is 6. The molecular formula is C7H14O6. The first-order valence-corrected chi connectivity index (χ1v) is 3.95. The van der Waals surface area contributed by atoms with Crippen LogP contribution in [0.1, 0.15) is 0 Å². The normalized spacial score (nSPS) is 46.4. The van der Waals surface area contributed by atoms with Gasteiger partial charge in [0.05, 0.1) is 6.61 Å². The Morgan fingerprint density at radius 2 is 2.00 bits per heavy atom. The van der Waals surface area contributed by atoms with E-state index in [9.17, 15) is 15.3 Å². The van der Waals surface area contributed by atoms with Crippen LogP contribution < -0.4 is 0 Å². The molecule has 1 saturated heterocycles. The van der Waals surface area contributed by atoms with Gasteiger partial charge in [0.25, 0.3) is 0 Å². The van der Waals surface area contributed by atoms with Crippen molar-refractivity contribution in [1.29, 1.82) is 0 Å². The van der Waals surface area contributed by atoms with E-state index in [1.807, 2.05) is 0 Å². The molecule has 4 N–H and O–H groups in total. The fourth-order valence-corrected chi connectivity index (χ4v) is 1.26. The zero-order valence-electron chi connectivity index (χ0n) is 7.20. The van der Waals surface area contributed by atoms with Gasteiger partial charge in [0, 0.05) is 7.11 Å². The maximum Gasteiger partial charge on any atom is 0.186 e. The third kappa shape index (κ3) is 1.98. The van der Waals surface area contributed by atoms with Crippen LogP contribution in [0.5, 0.6) is 0 Å². The summed E-state index contributed by atoms with van der Waals surface area (Å²) in [6, 6.07) is 0. The van der Waals surface area contributed by atoms with Crippen molar-refractivity contribution in [1.82, 2.24) is 0 Å². The molecule has 0 saturated carbocycles. The molecule has 78 valence electrons. The maximum atomic E-state index is 9.28. The minimum Gasteiger partial charge on any atom is -0.394 e. The smallest absolute Gasteiger partial charge is 0.186 e. The first kappa shape index (κ1) is 10.8. The molecule has 0 aliphatic carbocycles. The Kier molecular flexibility index (Phi) is 3.60. The molecule has 6 nitrogen and oxygen atoms in total. The predicted molar refractivity (Wildman–Crippen MR) is 40.8 cm³/mol. The standard InChI is InChI=1S/C7H14O6/c1-12-7-6(11)5(10)4(9)3(2-8)13-7/h3-11H,2H2,1H3/t3-,4-,5+,6-,7+/m1/s1/i9+1. The van der Waals surface area contributed by atoms with Gasteiger partial charge in [0.15, 0.2) is 6.29 Å². The summed E-state index contributed by atoms with van der Waals surface area (Å²) in [4.78, 5) is 0. The molecular weight excluding hydrogens is 181 g/mol. The number of aliphatic hydroxyl groups is 4. The zero-order chi connectivity index (χ0) is 10.0. The number of ether oxygens (including phenoxy) is 2. The summed E-state index contributed by atoms with van der Waals surface area (Å²) in [6.45, 7) is -0.440. The molecule has 0 amide bonds.